The van der Waals surface area contributed by atoms with Crippen molar-refractivity contribution in [3.63, 3.8) is 0 Å². The summed E-state index contributed by atoms with van der Waals surface area (Å²) in [6.45, 7) is 4.52. The van der Waals surface area contributed by atoms with Crippen molar-refractivity contribution in [1.29, 1.82) is 0 Å². The molecule has 29 heavy (non-hydrogen) atoms. The first kappa shape index (κ1) is 19.6. The highest BCUT2D eigenvalue weighted by molar-refractivity contribution is 5.96. The maximum Gasteiger partial charge on any atom is 0.338 e. The lowest BCUT2D eigenvalue weighted by Crippen LogP contribution is -2.86. The summed E-state index contributed by atoms with van der Waals surface area (Å²) in [5, 5.41) is 55.8. The van der Waals surface area contributed by atoms with Crippen LogP contribution < -0.4 is 0 Å². The Morgan fingerprint density at radius 1 is 1.10 bits per heavy atom. The second-order valence-corrected chi connectivity index (χ2v) is 9.79. The molecule has 0 aromatic rings. The van der Waals surface area contributed by atoms with Crippen LogP contribution in [0, 0.1) is 22.7 Å². The van der Waals surface area contributed by atoms with Crippen LogP contribution in [0.4, 0.5) is 0 Å². The van der Waals surface area contributed by atoms with Crippen molar-refractivity contribution in [2.75, 3.05) is 6.61 Å². The normalized spacial score (nSPS) is 60.8. The third-order valence-electron chi connectivity index (χ3n) is 8.96. The summed E-state index contributed by atoms with van der Waals surface area (Å²) >= 11 is 0. The molecular weight excluding hydrogens is 384 g/mol. The number of allylic oxidation sites excluding steroid dienone is 1. The summed E-state index contributed by atoms with van der Waals surface area (Å²) in [6.07, 6.45) is -6.07. The number of rotatable bonds is 0. The van der Waals surface area contributed by atoms with Crippen LogP contribution in [-0.2, 0) is 19.1 Å². The van der Waals surface area contributed by atoms with Crippen LogP contribution in [0.1, 0.15) is 27.2 Å². The van der Waals surface area contributed by atoms with E-state index in [4.69, 9.17) is 9.47 Å². The van der Waals surface area contributed by atoms with Crippen LogP contribution in [0.2, 0.25) is 0 Å². The summed E-state index contributed by atoms with van der Waals surface area (Å²) in [5.74, 6) is -3.08. The zero-order chi connectivity index (χ0) is 21.3. The van der Waals surface area contributed by atoms with Crippen LogP contribution in [0.25, 0.3) is 0 Å². The monoisotopic (exact) mass is 410 g/mol. The molecule has 0 radical (unpaired) electrons. The van der Waals surface area contributed by atoms with Gasteiger partial charge in [0.1, 0.15) is 29.5 Å². The Morgan fingerprint density at radius 3 is 2.41 bits per heavy atom. The van der Waals surface area contributed by atoms with Gasteiger partial charge in [-0.15, -0.1) is 0 Å². The van der Waals surface area contributed by atoms with E-state index in [1.54, 1.807) is 13.8 Å². The highest BCUT2D eigenvalue weighted by Crippen LogP contribution is 2.73. The molecule has 1 spiro atoms. The van der Waals surface area contributed by atoms with Gasteiger partial charge < -0.3 is 35.0 Å². The largest absolute Gasteiger partial charge is 0.460 e. The van der Waals surface area contributed by atoms with Gasteiger partial charge in [0.2, 0.25) is 0 Å². The van der Waals surface area contributed by atoms with Gasteiger partial charge >= 0.3 is 5.97 Å². The Bertz CT molecular complexity index is 855. The maximum absolute atomic E-state index is 12.5. The molecule has 2 heterocycles. The molecule has 160 valence electrons. The van der Waals surface area contributed by atoms with E-state index in [1.165, 1.54) is 13.0 Å². The second-order valence-electron chi connectivity index (χ2n) is 9.79. The number of aliphatic hydroxyl groups is 5. The predicted molar refractivity (Wildman–Crippen MR) is 94.1 cm³/mol. The van der Waals surface area contributed by atoms with E-state index in [0.29, 0.717) is 5.57 Å². The summed E-state index contributed by atoms with van der Waals surface area (Å²) < 4.78 is 11.4. The van der Waals surface area contributed by atoms with Crippen LogP contribution in [-0.4, -0.2) is 85.6 Å². The highest BCUT2D eigenvalue weighted by Gasteiger charge is 2.88. The topological polar surface area (TPSA) is 154 Å². The fourth-order valence-electron chi connectivity index (χ4n) is 7.56. The highest BCUT2D eigenvalue weighted by atomic mass is 16.6. The SMILES string of the molecule is CC1=CC(=O)[C@@H](O)[C@@]2(C)[C@H]1C[C@H]1OC(=O)[C@H](O)[C@]3(O)[C@]14CO[C@]3(C)[C@@H](O)[C@H](O)[C@@H]24. The van der Waals surface area contributed by atoms with E-state index in [9.17, 15) is 35.1 Å². The van der Waals surface area contributed by atoms with Gasteiger partial charge in [0.05, 0.1) is 18.1 Å². The lowest BCUT2D eigenvalue weighted by molar-refractivity contribution is -0.351. The van der Waals surface area contributed by atoms with Gasteiger partial charge in [-0.25, -0.2) is 4.79 Å². The van der Waals surface area contributed by atoms with Crippen LogP contribution >= 0.6 is 0 Å². The smallest absolute Gasteiger partial charge is 0.338 e. The third kappa shape index (κ3) is 1.70. The van der Waals surface area contributed by atoms with Gasteiger partial charge in [-0.2, -0.15) is 0 Å². The summed E-state index contributed by atoms with van der Waals surface area (Å²) in [6, 6.07) is 0. The Balaban J connectivity index is 1.83. The maximum atomic E-state index is 12.5. The van der Waals surface area contributed by atoms with Gasteiger partial charge in [-0.3, -0.25) is 4.79 Å². The number of ether oxygens (including phenoxy) is 2. The molecule has 0 aromatic heterocycles. The average molecular weight is 410 g/mol. The molecule has 5 N–H and O–H groups in total. The Labute approximate surface area is 166 Å². The molecule has 9 nitrogen and oxygen atoms in total. The Morgan fingerprint density at radius 2 is 1.76 bits per heavy atom. The van der Waals surface area contributed by atoms with Crippen molar-refractivity contribution < 1.29 is 44.6 Å². The molecule has 5 rings (SSSR count). The van der Waals surface area contributed by atoms with E-state index < -0.39 is 76.1 Å². The quantitative estimate of drug-likeness (QED) is 0.287. The lowest BCUT2D eigenvalue weighted by Gasteiger charge is -2.70. The molecule has 5 aliphatic rings. The molecule has 0 amide bonds. The number of ketones is 1. The molecule has 11 atom stereocenters. The molecule has 2 bridgehead atoms. The molecule has 2 aliphatic heterocycles. The molecule has 0 unspecified atom stereocenters. The fourth-order valence-corrected chi connectivity index (χ4v) is 7.56. The van der Waals surface area contributed by atoms with Gasteiger partial charge in [-0.1, -0.05) is 12.5 Å². The number of aliphatic hydroxyl groups excluding tert-OH is 4. The molecule has 9 heteroatoms. The van der Waals surface area contributed by atoms with E-state index in [0.717, 1.165) is 0 Å². The zero-order valence-corrected chi connectivity index (χ0v) is 16.4. The minimum atomic E-state index is -2.27. The first-order valence-corrected chi connectivity index (χ1v) is 9.90. The number of carbonyl (C=O) groups excluding carboxylic acids is 2. The van der Waals surface area contributed by atoms with Crippen molar-refractivity contribution in [3.8, 4) is 0 Å². The second kappa shape index (κ2) is 5.27. The minimum absolute atomic E-state index is 0.183. The first-order valence-electron chi connectivity index (χ1n) is 9.90. The van der Waals surface area contributed by atoms with E-state index in [2.05, 4.69) is 0 Å². The molecule has 3 aliphatic carbocycles. The molecule has 4 fully saturated rings. The number of hydrogen-bond acceptors (Lipinski definition) is 9. The molecule has 2 saturated carbocycles. The first-order chi connectivity index (χ1) is 13.4. The summed E-state index contributed by atoms with van der Waals surface area (Å²) in [4.78, 5) is 25.0. The fraction of sp³-hybridized carbons (Fsp3) is 0.800. The van der Waals surface area contributed by atoms with Crippen LogP contribution in [0.5, 0.6) is 0 Å². The van der Waals surface area contributed by atoms with Gasteiger partial charge in [0, 0.05) is 11.3 Å². The Kier molecular flexibility index (Phi) is 3.56. The van der Waals surface area contributed by atoms with Gasteiger partial charge in [-0.05, 0) is 32.3 Å². The third-order valence-corrected chi connectivity index (χ3v) is 8.96. The zero-order valence-electron chi connectivity index (χ0n) is 16.4. The van der Waals surface area contributed by atoms with Crippen LogP contribution in [0.15, 0.2) is 11.6 Å². The minimum Gasteiger partial charge on any atom is -0.460 e. The molecular formula is C20H26O9. The molecule has 2 saturated heterocycles. The van der Waals surface area contributed by atoms with Crippen LogP contribution in [0.3, 0.4) is 0 Å². The van der Waals surface area contributed by atoms with Crippen molar-refractivity contribution in [1.82, 2.24) is 0 Å². The number of esters is 1. The number of hydrogen-bond donors (Lipinski definition) is 5. The predicted octanol–water partition coefficient (Wildman–Crippen LogP) is -1.95. The van der Waals surface area contributed by atoms with Gasteiger partial charge in [0.25, 0.3) is 0 Å². The summed E-state index contributed by atoms with van der Waals surface area (Å²) in [5.41, 5.74) is -6.22. The number of fused-ring (bicyclic) bond motifs is 2. The van der Waals surface area contributed by atoms with E-state index in [1.807, 2.05) is 0 Å². The Hall–Kier alpha value is -1.36. The van der Waals surface area contributed by atoms with Crippen molar-refractivity contribution in [2.24, 2.45) is 22.7 Å². The van der Waals surface area contributed by atoms with Crippen molar-refractivity contribution >= 4 is 11.8 Å². The van der Waals surface area contributed by atoms with Gasteiger partial charge in [0.15, 0.2) is 11.9 Å². The average Bonchev–Trinajstić information content (AvgIpc) is 2.85. The lowest BCUT2D eigenvalue weighted by atomic mass is 9.36. The van der Waals surface area contributed by atoms with Crippen molar-refractivity contribution in [3.05, 3.63) is 11.6 Å². The van der Waals surface area contributed by atoms with E-state index in [-0.39, 0.29) is 13.0 Å². The van der Waals surface area contributed by atoms with Crippen molar-refractivity contribution in [2.45, 2.75) is 68.9 Å². The molecule has 0 aromatic carbocycles. The van der Waals surface area contributed by atoms with E-state index >= 15 is 0 Å². The number of carbonyl (C=O) groups is 2. The summed E-state index contributed by atoms with van der Waals surface area (Å²) in [7, 11) is 0. The standard InChI is InChI=1S/C20H26O9/c1-7-4-9(21)13(23)17(2)8(7)5-10-19-6-28-18(3,14(24)11(22)12(17)19)20(19,27)15(25)16(26)29-10/h4,8,10-15,22-25,27H,5-6H2,1-3H3/t8-,10+,11+,12-,13+,14-,15-,17-,18+,19+,20+/m0/s1.